The van der Waals surface area contributed by atoms with Gasteiger partial charge in [-0.05, 0) is 56.0 Å². The molecule has 12 heteroatoms. The van der Waals surface area contributed by atoms with Crippen molar-refractivity contribution in [3.8, 4) is 22.1 Å². The number of aromatic carboxylic acids is 1. The Morgan fingerprint density at radius 1 is 1.22 bits per heavy atom. The first-order valence-corrected chi connectivity index (χ1v) is 12.0. The Bertz CT molecular complexity index is 1260. The van der Waals surface area contributed by atoms with Crippen LogP contribution in [0.1, 0.15) is 57.4 Å². The first-order valence-electron chi connectivity index (χ1n) is 11.2. The van der Waals surface area contributed by atoms with Gasteiger partial charge in [0.2, 0.25) is 0 Å². The Morgan fingerprint density at radius 2 is 2.00 bits per heavy atom. The summed E-state index contributed by atoms with van der Waals surface area (Å²) in [6.07, 6.45) is 2.06. The Morgan fingerprint density at radius 3 is 2.67 bits per heavy atom. The van der Waals surface area contributed by atoms with Crippen molar-refractivity contribution in [2.75, 3.05) is 6.61 Å². The fourth-order valence-corrected chi connectivity index (χ4v) is 4.33. The number of carbonyl (C=O) groups is 2. The molecule has 1 atom stereocenters. The zero-order valence-corrected chi connectivity index (χ0v) is 20.1. The predicted octanol–water partition coefficient (Wildman–Crippen LogP) is 4.24. The number of hydrogen-bond acceptors (Lipinski definition) is 8. The van der Waals surface area contributed by atoms with Gasteiger partial charge in [0.05, 0.1) is 23.7 Å². The summed E-state index contributed by atoms with van der Waals surface area (Å²) in [6.45, 7) is -0.888. The van der Waals surface area contributed by atoms with Crippen molar-refractivity contribution in [2.45, 2.75) is 39.0 Å². The number of aromatic nitrogens is 2. The van der Waals surface area contributed by atoms with Gasteiger partial charge in [0.1, 0.15) is 16.4 Å². The third-order valence-corrected chi connectivity index (χ3v) is 6.62. The second-order valence-electron chi connectivity index (χ2n) is 8.32. The highest BCUT2D eigenvalue weighted by Crippen LogP contribution is 2.38. The molecule has 36 heavy (non-hydrogen) atoms. The third kappa shape index (κ3) is 6.32. The van der Waals surface area contributed by atoms with Crippen LogP contribution in [0.15, 0.2) is 36.4 Å². The number of nitrogens with two attached hydrogens (primary N) is 1. The SMILES string of the molecule is CC(N)c1sc(-c2ccc(OC(F)F)c(OCC3CC3)c2)nc1C(=O)NCc1cccc(C(=O)O)n1. The molecule has 2 heterocycles. The molecule has 4 rings (SSSR count). The van der Waals surface area contributed by atoms with Crippen molar-refractivity contribution in [1.82, 2.24) is 15.3 Å². The molecule has 9 nitrogen and oxygen atoms in total. The number of nitrogens with one attached hydrogen (secondary N) is 1. The Hall–Kier alpha value is -3.64. The first-order chi connectivity index (χ1) is 17.2. The molecular formula is C24H24F2N4O5S. The van der Waals surface area contributed by atoms with Gasteiger partial charge in [0.15, 0.2) is 11.5 Å². The number of rotatable bonds is 11. The molecule has 0 bridgehead atoms. The van der Waals surface area contributed by atoms with E-state index in [-0.39, 0.29) is 29.4 Å². The molecule has 0 radical (unpaired) electrons. The monoisotopic (exact) mass is 518 g/mol. The average molecular weight is 519 g/mol. The molecule has 0 aliphatic heterocycles. The first kappa shape index (κ1) is 25.5. The number of nitrogens with zero attached hydrogens (tertiary/aromatic N) is 2. The van der Waals surface area contributed by atoms with Crippen LogP contribution in [0, 0.1) is 5.92 Å². The van der Waals surface area contributed by atoms with Gasteiger partial charge in [-0.2, -0.15) is 8.78 Å². The topological polar surface area (TPSA) is 137 Å². The number of alkyl halides is 2. The molecule has 0 saturated heterocycles. The van der Waals surface area contributed by atoms with E-state index in [2.05, 4.69) is 20.0 Å². The van der Waals surface area contributed by atoms with Gasteiger partial charge in [-0.15, -0.1) is 11.3 Å². The van der Waals surface area contributed by atoms with E-state index in [4.69, 9.17) is 15.6 Å². The van der Waals surface area contributed by atoms with E-state index in [9.17, 15) is 18.4 Å². The van der Waals surface area contributed by atoms with E-state index in [1.165, 1.54) is 29.5 Å². The van der Waals surface area contributed by atoms with E-state index in [0.29, 0.717) is 33.7 Å². The number of hydrogen-bond donors (Lipinski definition) is 3. The lowest BCUT2D eigenvalue weighted by molar-refractivity contribution is -0.0515. The summed E-state index contributed by atoms with van der Waals surface area (Å²) in [7, 11) is 0. The maximum atomic E-state index is 12.9. The molecule has 1 saturated carbocycles. The Kier molecular flexibility index (Phi) is 7.75. The molecule has 4 N–H and O–H groups in total. The van der Waals surface area contributed by atoms with Gasteiger partial charge < -0.3 is 25.6 Å². The van der Waals surface area contributed by atoms with Crippen LogP contribution < -0.4 is 20.5 Å². The van der Waals surface area contributed by atoms with Gasteiger partial charge in [-0.1, -0.05) is 6.07 Å². The molecule has 190 valence electrons. The number of thiazole rings is 1. The van der Waals surface area contributed by atoms with Crippen molar-refractivity contribution < 1.29 is 33.0 Å². The quantitative estimate of drug-likeness (QED) is 0.343. The van der Waals surface area contributed by atoms with Gasteiger partial charge in [-0.25, -0.2) is 14.8 Å². The summed E-state index contributed by atoms with van der Waals surface area (Å²) in [5.74, 6) is -1.18. The zero-order valence-electron chi connectivity index (χ0n) is 19.2. The summed E-state index contributed by atoms with van der Waals surface area (Å²) < 4.78 is 36.0. The molecule has 1 aliphatic carbocycles. The number of benzene rings is 1. The maximum absolute atomic E-state index is 12.9. The lowest BCUT2D eigenvalue weighted by atomic mass is 10.2. The van der Waals surface area contributed by atoms with E-state index >= 15 is 0 Å². The number of halogens is 2. The minimum absolute atomic E-state index is 0.00990. The minimum Gasteiger partial charge on any atom is -0.489 e. The highest BCUT2D eigenvalue weighted by atomic mass is 32.1. The lowest BCUT2D eigenvalue weighted by Crippen LogP contribution is -2.25. The Labute approximate surface area is 209 Å². The van der Waals surface area contributed by atoms with Crippen molar-refractivity contribution in [3.63, 3.8) is 0 Å². The van der Waals surface area contributed by atoms with Crippen molar-refractivity contribution in [1.29, 1.82) is 0 Å². The lowest BCUT2D eigenvalue weighted by Gasteiger charge is -2.13. The largest absolute Gasteiger partial charge is 0.489 e. The normalized spacial score (nSPS) is 13.9. The van der Waals surface area contributed by atoms with E-state index < -0.39 is 24.5 Å². The van der Waals surface area contributed by atoms with Crippen LogP contribution in [-0.4, -0.2) is 40.2 Å². The summed E-state index contributed by atoms with van der Waals surface area (Å²) in [5.41, 5.74) is 7.00. The van der Waals surface area contributed by atoms with Crippen LogP contribution in [0.2, 0.25) is 0 Å². The second-order valence-corrected chi connectivity index (χ2v) is 9.35. The summed E-state index contributed by atoms with van der Waals surface area (Å²) in [5, 5.41) is 12.2. The molecule has 0 spiro atoms. The van der Waals surface area contributed by atoms with Crippen molar-refractivity contribution in [3.05, 3.63) is 58.4 Å². The van der Waals surface area contributed by atoms with Crippen molar-refractivity contribution >= 4 is 23.2 Å². The van der Waals surface area contributed by atoms with E-state index in [1.54, 1.807) is 25.1 Å². The van der Waals surface area contributed by atoms with E-state index in [0.717, 1.165) is 12.8 Å². The highest BCUT2D eigenvalue weighted by Gasteiger charge is 2.25. The van der Waals surface area contributed by atoms with Gasteiger partial charge in [0, 0.05) is 11.6 Å². The van der Waals surface area contributed by atoms with Gasteiger partial charge in [0.25, 0.3) is 5.91 Å². The highest BCUT2D eigenvalue weighted by molar-refractivity contribution is 7.15. The second kappa shape index (κ2) is 11.0. The molecule has 1 fully saturated rings. The molecule has 1 aliphatic rings. The molecule has 2 aromatic heterocycles. The third-order valence-electron chi connectivity index (χ3n) is 5.32. The van der Waals surface area contributed by atoms with Gasteiger partial charge >= 0.3 is 12.6 Å². The van der Waals surface area contributed by atoms with Crippen molar-refractivity contribution in [2.24, 2.45) is 11.7 Å². The fraction of sp³-hybridized carbons (Fsp3) is 0.333. The number of carbonyl (C=O) groups excluding carboxylic acids is 1. The van der Waals surface area contributed by atoms with Crippen LogP contribution in [0.4, 0.5) is 8.78 Å². The number of ether oxygens (including phenoxy) is 2. The molecule has 3 aromatic rings. The summed E-state index contributed by atoms with van der Waals surface area (Å²) >= 11 is 1.21. The number of carboxylic acid groups (broad SMARTS) is 1. The molecular weight excluding hydrogens is 494 g/mol. The minimum atomic E-state index is -3.00. The fourth-order valence-electron chi connectivity index (χ4n) is 3.32. The average Bonchev–Trinajstić information content (AvgIpc) is 3.56. The predicted molar refractivity (Wildman–Crippen MR) is 127 cm³/mol. The number of pyridine rings is 1. The maximum Gasteiger partial charge on any atom is 0.387 e. The smallest absolute Gasteiger partial charge is 0.387 e. The van der Waals surface area contributed by atoms with E-state index in [1.807, 2.05) is 0 Å². The van der Waals surface area contributed by atoms with Crippen LogP contribution in [0.25, 0.3) is 10.6 Å². The van der Waals surface area contributed by atoms with Crippen LogP contribution >= 0.6 is 11.3 Å². The molecule has 1 aromatic carbocycles. The summed E-state index contributed by atoms with van der Waals surface area (Å²) in [6, 6.07) is 8.50. The summed E-state index contributed by atoms with van der Waals surface area (Å²) in [4.78, 5) is 33.0. The van der Waals surface area contributed by atoms with Crippen LogP contribution in [0.5, 0.6) is 11.5 Å². The van der Waals surface area contributed by atoms with Crippen LogP contribution in [0.3, 0.4) is 0 Å². The molecule has 1 amide bonds. The Balaban J connectivity index is 1.57. The van der Waals surface area contributed by atoms with Gasteiger partial charge in [-0.3, -0.25) is 4.79 Å². The zero-order chi connectivity index (χ0) is 25.8. The molecule has 1 unspecified atom stereocenters. The number of carboxylic acids is 1. The van der Waals surface area contributed by atoms with Crippen LogP contribution in [-0.2, 0) is 6.54 Å². The standard InChI is InChI=1S/C24H24F2N4O5S/c1-12(27)20-19(21(31)28-10-15-3-2-4-16(29-15)23(32)33)30-22(36-20)14-7-8-17(35-24(25)26)18(9-14)34-11-13-5-6-13/h2-4,7-9,12-13,24H,5-6,10-11,27H2,1H3,(H,28,31)(H,32,33). The number of amides is 1.